The summed E-state index contributed by atoms with van der Waals surface area (Å²) in [5, 5.41) is 9.80. The summed E-state index contributed by atoms with van der Waals surface area (Å²) in [4.78, 5) is 27.0. The summed E-state index contributed by atoms with van der Waals surface area (Å²) in [5.74, 6) is -1.67. The highest BCUT2D eigenvalue weighted by atomic mass is 35.5. The van der Waals surface area contributed by atoms with Crippen LogP contribution in [-0.2, 0) is 16.1 Å². The van der Waals surface area contributed by atoms with Gasteiger partial charge in [0.2, 0.25) is 5.91 Å². The molecule has 0 saturated heterocycles. The quantitative estimate of drug-likeness (QED) is 0.819. The minimum absolute atomic E-state index is 0.0781. The number of fused-ring (bicyclic) bond motifs is 1. The molecule has 2 unspecified atom stereocenters. The summed E-state index contributed by atoms with van der Waals surface area (Å²) in [6, 6.07) is 14.8. The number of carbonyl (C=O) groups excluding carboxylic acids is 1. The second-order valence-electron chi connectivity index (χ2n) is 6.00. The Bertz CT molecular complexity index is 811. The maximum atomic E-state index is 12.9. The van der Waals surface area contributed by atoms with E-state index in [1.165, 1.54) is 11.8 Å². The number of aliphatic carboxylic acids is 1. The fourth-order valence-electron chi connectivity index (χ4n) is 3.02. The van der Waals surface area contributed by atoms with Crippen LogP contribution in [0, 0.1) is 0 Å². The predicted octanol–water partition coefficient (Wildman–Crippen LogP) is 4.03. The molecule has 0 aliphatic carbocycles. The van der Waals surface area contributed by atoms with Crippen LogP contribution in [0.5, 0.6) is 0 Å². The molecule has 2 aromatic rings. The Morgan fingerprint density at radius 2 is 1.88 bits per heavy atom. The Morgan fingerprint density at radius 3 is 2.60 bits per heavy atom. The molecule has 3 rings (SSSR count). The van der Waals surface area contributed by atoms with Gasteiger partial charge in [-0.25, -0.2) is 0 Å². The van der Waals surface area contributed by atoms with Crippen molar-refractivity contribution in [2.24, 2.45) is 0 Å². The summed E-state index contributed by atoms with van der Waals surface area (Å²) in [7, 11) is 0. The number of carboxylic acids is 1. The molecule has 2 atom stereocenters. The predicted molar refractivity (Wildman–Crippen MR) is 99.0 cm³/mol. The third-order valence-corrected chi connectivity index (χ3v) is 5.90. The maximum Gasteiger partial charge on any atom is 0.312 e. The largest absolute Gasteiger partial charge is 0.481 e. The second-order valence-corrected chi connectivity index (χ2v) is 7.79. The van der Waals surface area contributed by atoms with E-state index >= 15 is 0 Å². The Kier molecular flexibility index (Phi) is 5.35. The highest BCUT2D eigenvalue weighted by Gasteiger charge is 2.34. The summed E-state index contributed by atoms with van der Waals surface area (Å²) in [5.41, 5.74) is 1.69. The van der Waals surface area contributed by atoms with E-state index in [1.54, 1.807) is 11.0 Å². The standard InChI is InChI=1S/C19H18ClNO3S/c1-12(25-17-9-5-4-8-16(17)20)18(22)21-10-13-6-2-3-7-14(13)15(11-21)19(23)24/h2-9,12,15H,10-11H2,1H3,(H,23,24). The Morgan fingerprint density at radius 1 is 1.20 bits per heavy atom. The van der Waals surface area contributed by atoms with Crippen LogP contribution in [0.3, 0.4) is 0 Å². The van der Waals surface area contributed by atoms with Crippen LogP contribution in [0.1, 0.15) is 24.0 Å². The number of carboxylic acid groups (broad SMARTS) is 1. The van der Waals surface area contributed by atoms with Gasteiger partial charge in [-0.15, -0.1) is 11.8 Å². The molecular weight excluding hydrogens is 358 g/mol. The zero-order chi connectivity index (χ0) is 18.0. The molecule has 6 heteroatoms. The van der Waals surface area contributed by atoms with Crippen molar-refractivity contribution in [3.8, 4) is 0 Å². The van der Waals surface area contributed by atoms with Crippen molar-refractivity contribution < 1.29 is 14.7 Å². The van der Waals surface area contributed by atoms with Crippen LogP contribution in [-0.4, -0.2) is 33.7 Å². The van der Waals surface area contributed by atoms with Crippen LogP contribution in [0.25, 0.3) is 0 Å². The van der Waals surface area contributed by atoms with Crippen molar-refractivity contribution in [3.05, 3.63) is 64.7 Å². The van der Waals surface area contributed by atoms with Crippen molar-refractivity contribution in [2.45, 2.75) is 29.5 Å². The van der Waals surface area contributed by atoms with E-state index in [0.717, 1.165) is 16.0 Å². The number of hydrogen-bond donors (Lipinski definition) is 1. The van der Waals surface area contributed by atoms with E-state index in [1.807, 2.05) is 49.4 Å². The number of halogens is 1. The lowest BCUT2D eigenvalue weighted by Crippen LogP contribution is -2.43. The molecule has 1 amide bonds. The van der Waals surface area contributed by atoms with Gasteiger partial charge >= 0.3 is 5.97 Å². The zero-order valence-corrected chi connectivity index (χ0v) is 15.3. The molecule has 0 saturated carbocycles. The molecule has 1 aliphatic heterocycles. The molecule has 130 valence electrons. The maximum absolute atomic E-state index is 12.9. The van der Waals surface area contributed by atoms with Crippen molar-refractivity contribution in [1.82, 2.24) is 4.90 Å². The van der Waals surface area contributed by atoms with E-state index in [0.29, 0.717) is 11.6 Å². The molecular formula is C19H18ClNO3S. The number of hydrogen-bond acceptors (Lipinski definition) is 3. The number of rotatable bonds is 4. The number of nitrogens with zero attached hydrogens (tertiary/aromatic N) is 1. The van der Waals surface area contributed by atoms with Gasteiger partial charge in [-0.1, -0.05) is 48.0 Å². The summed E-state index contributed by atoms with van der Waals surface area (Å²) in [6.45, 7) is 2.46. The van der Waals surface area contributed by atoms with Gasteiger partial charge in [-0.3, -0.25) is 9.59 Å². The Hall–Kier alpha value is -1.98. The van der Waals surface area contributed by atoms with Crippen molar-refractivity contribution in [1.29, 1.82) is 0 Å². The fraction of sp³-hybridized carbons (Fsp3) is 0.263. The highest BCUT2D eigenvalue weighted by molar-refractivity contribution is 8.00. The van der Waals surface area contributed by atoms with E-state index < -0.39 is 11.9 Å². The molecule has 0 bridgehead atoms. The molecule has 1 heterocycles. The van der Waals surface area contributed by atoms with Gasteiger partial charge in [0.25, 0.3) is 0 Å². The number of thioether (sulfide) groups is 1. The molecule has 25 heavy (non-hydrogen) atoms. The average Bonchev–Trinajstić information content (AvgIpc) is 2.61. The normalized spacial score (nSPS) is 17.7. The monoisotopic (exact) mass is 375 g/mol. The molecule has 1 aliphatic rings. The van der Waals surface area contributed by atoms with E-state index in [9.17, 15) is 14.7 Å². The van der Waals surface area contributed by atoms with Crippen LogP contribution in [0.15, 0.2) is 53.4 Å². The summed E-state index contributed by atoms with van der Waals surface area (Å²) >= 11 is 7.56. The Labute approximate surface area is 155 Å². The lowest BCUT2D eigenvalue weighted by Gasteiger charge is -2.34. The molecule has 0 aromatic heterocycles. The first-order valence-electron chi connectivity index (χ1n) is 7.98. The summed E-state index contributed by atoms with van der Waals surface area (Å²) in [6.07, 6.45) is 0. The molecule has 0 spiro atoms. The summed E-state index contributed by atoms with van der Waals surface area (Å²) < 4.78 is 0. The zero-order valence-electron chi connectivity index (χ0n) is 13.7. The van der Waals surface area contributed by atoms with Gasteiger partial charge in [-0.05, 0) is 30.2 Å². The van der Waals surface area contributed by atoms with Gasteiger partial charge in [0.1, 0.15) is 0 Å². The van der Waals surface area contributed by atoms with E-state index in [4.69, 9.17) is 11.6 Å². The fourth-order valence-corrected chi connectivity index (χ4v) is 4.26. The van der Waals surface area contributed by atoms with Crippen molar-refractivity contribution >= 4 is 35.2 Å². The van der Waals surface area contributed by atoms with Gasteiger partial charge in [0.15, 0.2) is 0 Å². The highest BCUT2D eigenvalue weighted by Crippen LogP contribution is 2.33. The van der Waals surface area contributed by atoms with Gasteiger partial charge in [-0.2, -0.15) is 0 Å². The van der Waals surface area contributed by atoms with Crippen molar-refractivity contribution in [2.75, 3.05) is 6.54 Å². The lowest BCUT2D eigenvalue weighted by molar-refractivity contribution is -0.141. The van der Waals surface area contributed by atoms with Crippen molar-refractivity contribution in [3.63, 3.8) is 0 Å². The first-order chi connectivity index (χ1) is 12.0. The lowest BCUT2D eigenvalue weighted by atomic mass is 9.89. The first kappa shape index (κ1) is 17.8. The van der Waals surface area contributed by atoms with E-state index in [-0.39, 0.29) is 17.7 Å². The molecule has 0 radical (unpaired) electrons. The number of amides is 1. The minimum atomic E-state index is -0.906. The molecule has 1 N–H and O–H groups in total. The topological polar surface area (TPSA) is 57.6 Å². The molecule has 0 fully saturated rings. The third-order valence-electron chi connectivity index (χ3n) is 4.29. The second kappa shape index (κ2) is 7.50. The smallest absolute Gasteiger partial charge is 0.312 e. The van der Waals surface area contributed by atoms with Gasteiger partial charge in [0.05, 0.1) is 16.2 Å². The Balaban J connectivity index is 1.78. The van der Waals surface area contributed by atoms with Gasteiger partial charge < -0.3 is 10.0 Å². The van der Waals surface area contributed by atoms with Crippen LogP contribution >= 0.6 is 23.4 Å². The number of benzene rings is 2. The third kappa shape index (κ3) is 3.83. The van der Waals surface area contributed by atoms with Crippen LogP contribution in [0.4, 0.5) is 0 Å². The van der Waals surface area contributed by atoms with Crippen LogP contribution < -0.4 is 0 Å². The van der Waals surface area contributed by atoms with Gasteiger partial charge in [0, 0.05) is 18.0 Å². The van der Waals surface area contributed by atoms with Crippen LogP contribution in [0.2, 0.25) is 5.02 Å². The first-order valence-corrected chi connectivity index (χ1v) is 9.23. The SMILES string of the molecule is CC(Sc1ccccc1Cl)C(=O)N1Cc2ccccc2C(C(=O)O)C1. The number of carbonyl (C=O) groups is 2. The average molecular weight is 376 g/mol. The van der Waals surface area contributed by atoms with E-state index in [2.05, 4.69) is 0 Å². The molecule has 4 nitrogen and oxygen atoms in total. The molecule has 2 aromatic carbocycles. The minimum Gasteiger partial charge on any atom is -0.481 e.